The van der Waals surface area contributed by atoms with Crippen LogP contribution in [0.4, 0.5) is 20.2 Å². The van der Waals surface area contributed by atoms with E-state index in [0.717, 1.165) is 75.6 Å². The zero-order valence-corrected chi connectivity index (χ0v) is 44.7. The van der Waals surface area contributed by atoms with Gasteiger partial charge in [-0.1, -0.05) is 37.8 Å². The molecule has 3 fully saturated rings. The van der Waals surface area contributed by atoms with Crippen LogP contribution in [-0.4, -0.2) is 148 Å². The molecule has 2 saturated heterocycles. The number of aromatic nitrogens is 10. The molecule has 26 heteroatoms. The van der Waals surface area contributed by atoms with Crippen LogP contribution in [0.1, 0.15) is 138 Å². The molecule has 1 saturated carbocycles. The Morgan fingerprint density at radius 3 is 1.46 bits per heavy atom. The van der Waals surface area contributed by atoms with E-state index < -0.39 is 45.5 Å². The normalized spacial score (nSPS) is 20.2. The van der Waals surface area contributed by atoms with Crippen LogP contribution in [0.3, 0.4) is 0 Å². The number of alkyl halides is 2. The fraction of sp³-hybridized carbons (Fsp3) is 0.491. The van der Waals surface area contributed by atoms with Gasteiger partial charge in [0.05, 0.1) is 53.5 Å². The van der Waals surface area contributed by atoms with E-state index in [0.29, 0.717) is 82.0 Å². The monoisotopic (exact) mass is 1110 g/mol. The molecule has 1 atom stereocenters. The molecule has 6 aromatic rings. The largest absolute Gasteiger partial charge is 0.351 e. The molecular formula is C53H64F2N16O7S. The van der Waals surface area contributed by atoms with Gasteiger partial charge in [0.15, 0.2) is 11.4 Å². The number of halogens is 2. The third-order valence-electron chi connectivity index (χ3n) is 15.0. The third-order valence-corrected chi connectivity index (χ3v) is 16.3. The van der Waals surface area contributed by atoms with Crippen molar-refractivity contribution >= 4 is 50.9 Å². The second-order valence-electron chi connectivity index (χ2n) is 20.8. The SMILES string of the molecule is CS(=O)(=O)N1CCC(n2cc3c(n2)C(=O)NCCCCCCn2cc(cn2)-c2cccc(n2)C(=O)N3)CC1.O=C1Nc2cn(C3CCN(C(=O)C4CC4(F)F)CC3)nc2C(=O)NCCCCCCn2cc(cn2)-c2cccc1n2. The van der Waals surface area contributed by atoms with Crippen molar-refractivity contribution in [3.63, 3.8) is 0 Å². The first-order valence-corrected chi connectivity index (χ1v) is 28.9. The smallest absolute Gasteiger partial charge is 0.274 e. The summed E-state index contributed by atoms with van der Waals surface area (Å²) < 4.78 is 59.1. The lowest BCUT2D eigenvalue weighted by Gasteiger charge is -2.32. The number of piperidine rings is 2. The van der Waals surface area contributed by atoms with Crippen molar-refractivity contribution in [2.75, 3.05) is 56.2 Å². The van der Waals surface area contributed by atoms with Gasteiger partial charge in [-0.25, -0.2) is 31.5 Å². The van der Waals surface area contributed by atoms with E-state index in [1.54, 1.807) is 58.4 Å². The number of nitrogens with zero attached hydrogens (tertiary/aromatic N) is 12. The van der Waals surface area contributed by atoms with Crippen molar-refractivity contribution in [2.45, 2.75) is 115 Å². The van der Waals surface area contributed by atoms with Gasteiger partial charge in [-0.2, -0.15) is 20.4 Å². The van der Waals surface area contributed by atoms with Crippen LogP contribution in [0.25, 0.3) is 22.5 Å². The van der Waals surface area contributed by atoms with Crippen molar-refractivity contribution in [3.05, 3.63) is 96.4 Å². The van der Waals surface area contributed by atoms with Crippen molar-refractivity contribution in [3.8, 4) is 22.5 Å². The first kappa shape index (κ1) is 54.6. The highest BCUT2D eigenvalue weighted by atomic mass is 32.2. The number of likely N-dealkylation sites (tertiary alicyclic amines) is 1. The molecule has 4 N–H and O–H groups in total. The maximum atomic E-state index is 13.4. The molecule has 0 aromatic carbocycles. The number of carbonyl (C=O) groups excluding carboxylic acids is 5. The van der Waals surface area contributed by atoms with Crippen molar-refractivity contribution in [1.82, 2.24) is 68.9 Å². The van der Waals surface area contributed by atoms with Crippen LogP contribution < -0.4 is 21.3 Å². The minimum Gasteiger partial charge on any atom is -0.351 e. The number of hydrogen-bond acceptors (Lipinski definition) is 13. The third kappa shape index (κ3) is 13.2. The van der Waals surface area contributed by atoms with Crippen LogP contribution in [0.15, 0.2) is 73.6 Å². The quantitative estimate of drug-likeness (QED) is 0.163. The zero-order chi connectivity index (χ0) is 55.3. The lowest BCUT2D eigenvalue weighted by Crippen LogP contribution is -2.40. The molecule has 79 heavy (non-hydrogen) atoms. The molecule has 5 amide bonds. The summed E-state index contributed by atoms with van der Waals surface area (Å²) in [5.41, 5.74) is 4.04. The van der Waals surface area contributed by atoms with Crippen molar-refractivity contribution < 1.29 is 41.2 Å². The van der Waals surface area contributed by atoms with Gasteiger partial charge in [-0.3, -0.25) is 42.7 Å². The van der Waals surface area contributed by atoms with Crippen LogP contribution in [0.5, 0.6) is 0 Å². The number of carbonyl (C=O) groups is 5. The van der Waals surface area contributed by atoms with Crippen LogP contribution >= 0.6 is 0 Å². The topological polar surface area (TPSA) is 271 Å². The molecule has 23 nitrogen and oxygen atoms in total. The number of aryl methyl sites for hydroxylation is 2. The standard InChI is InChI=1S/C28H32F2N8O3.C25H32N8O4S/c29-28(30)14-20(28)27(41)36-12-8-19(9-13-36)38-17-23-24(35-38)26(40)31-10-3-1-2-4-11-37-16-18(15-32-37)21-6-5-7-22(33-21)25(39)34-23;1-38(36,37)32-13-9-19(10-14-32)33-17-22-23(30-33)25(35)26-11-4-2-3-5-12-31-16-18(15-27-31)20-7-6-8-21(28-20)24(34)29-22/h5-7,15-17,19-20H,1-4,8-14H2,(H,31,40)(H,34,39);6-8,15-17,19H,2-5,9-14H2,1H3,(H,26,35)(H,29,34). The van der Waals surface area contributed by atoms with Gasteiger partial charge in [0.25, 0.3) is 29.6 Å². The summed E-state index contributed by atoms with van der Waals surface area (Å²) >= 11 is 0. The number of pyridine rings is 2. The Morgan fingerprint density at radius 1 is 0.582 bits per heavy atom. The Morgan fingerprint density at radius 2 is 1.01 bits per heavy atom. The summed E-state index contributed by atoms with van der Waals surface area (Å²) in [6.45, 7) is 3.94. The molecule has 0 radical (unpaired) electrons. The van der Waals surface area contributed by atoms with Gasteiger partial charge in [-0.15, -0.1) is 0 Å². The van der Waals surface area contributed by atoms with Gasteiger partial charge in [0, 0.05) is 94.7 Å². The lowest BCUT2D eigenvalue weighted by molar-refractivity contribution is -0.136. The van der Waals surface area contributed by atoms with E-state index in [4.69, 9.17) is 0 Å². The molecule has 1 aliphatic carbocycles. The Hall–Kier alpha value is -7.74. The van der Waals surface area contributed by atoms with Crippen molar-refractivity contribution in [2.24, 2.45) is 5.92 Å². The fourth-order valence-electron chi connectivity index (χ4n) is 10.3. The molecule has 5 aliphatic rings. The summed E-state index contributed by atoms with van der Waals surface area (Å²) in [6, 6.07) is 10.1. The number of fused-ring (bicyclic) bond motifs is 12. The van der Waals surface area contributed by atoms with Gasteiger partial charge >= 0.3 is 0 Å². The maximum Gasteiger partial charge on any atom is 0.274 e. The van der Waals surface area contributed by atoms with Gasteiger partial charge in [-0.05, 0) is 75.6 Å². The highest BCUT2D eigenvalue weighted by Gasteiger charge is 2.62. The number of nitrogens with one attached hydrogen (secondary N) is 4. The first-order valence-electron chi connectivity index (χ1n) is 27.1. The number of sulfonamides is 1. The van der Waals surface area contributed by atoms with Crippen molar-refractivity contribution in [1.29, 1.82) is 0 Å². The summed E-state index contributed by atoms with van der Waals surface area (Å²) in [6.07, 6.45) is 21.0. The second-order valence-corrected chi connectivity index (χ2v) is 22.7. The van der Waals surface area contributed by atoms with E-state index in [2.05, 4.69) is 51.6 Å². The number of amides is 5. The fourth-order valence-corrected chi connectivity index (χ4v) is 11.2. The van der Waals surface area contributed by atoms with E-state index in [1.165, 1.54) is 15.5 Å². The minimum absolute atomic E-state index is 0.0908. The molecular weight excluding hydrogens is 1040 g/mol. The van der Waals surface area contributed by atoms with E-state index in [1.807, 2.05) is 33.9 Å². The van der Waals surface area contributed by atoms with E-state index in [-0.39, 0.29) is 52.9 Å². The van der Waals surface area contributed by atoms with E-state index in [9.17, 15) is 41.2 Å². The minimum atomic E-state index is -3.26. The van der Waals surface area contributed by atoms with Crippen LogP contribution in [0, 0.1) is 5.92 Å². The average Bonchev–Trinajstić information content (AvgIpc) is 4.29. The Kier molecular flexibility index (Phi) is 16.4. The first-order chi connectivity index (χ1) is 38.1. The Bertz CT molecular complexity index is 3320. The second kappa shape index (κ2) is 23.7. The molecule has 4 aliphatic heterocycles. The number of rotatable bonds is 4. The average molecular weight is 1110 g/mol. The molecule has 8 bridgehead atoms. The molecule has 0 spiro atoms. The highest BCUT2D eigenvalue weighted by Crippen LogP contribution is 2.50. The number of hydrogen-bond donors (Lipinski definition) is 4. The lowest BCUT2D eigenvalue weighted by atomic mass is 10.0. The summed E-state index contributed by atoms with van der Waals surface area (Å²) in [4.78, 5) is 75.6. The zero-order valence-electron chi connectivity index (χ0n) is 43.9. The molecule has 11 rings (SSSR count). The molecule has 6 aromatic heterocycles. The Labute approximate surface area is 454 Å². The predicted molar refractivity (Wildman–Crippen MR) is 285 cm³/mol. The predicted octanol–water partition coefficient (Wildman–Crippen LogP) is 5.81. The summed E-state index contributed by atoms with van der Waals surface area (Å²) in [7, 11) is -3.26. The molecule has 1 unspecified atom stereocenters. The van der Waals surface area contributed by atoms with Crippen LogP contribution in [0.2, 0.25) is 0 Å². The Balaban J connectivity index is 0.000000179. The van der Waals surface area contributed by atoms with E-state index >= 15 is 0 Å². The maximum absolute atomic E-state index is 13.4. The van der Waals surface area contributed by atoms with Gasteiger partial charge < -0.3 is 26.2 Å². The van der Waals surface area contributed by atoms with Gasteiger partial charge in [0.1, 0.15) is 17.3 Å². The molecule has 10 heterocycles. The van der Waals surface area contributed by atoms with Gasteiger partial charge in [0.2, 0.25) is 15.9 Å². The van der Waals surface area contributed by atoms with Crippen LogP contribution in [-0.2, 0) is 27.9 Å². The molecule has 418 valence electrons. The summed E-state index contributed by atoms with van der Waals surface area (Å²) in [5, 5.41) is 29.4. The highest BCUT2D eigenvalue weighted by molar-refractivity contribution is 7.88. The summed E-state index contributed by atoms with van der Waals surface area (Å²) in [5.74, 6) is -6.30. The number of anilines is 2.